The summed E-state index contributed by atoms with van der Waals surface area (Å²) >= 11 is 0. The highest BCUT2D eigenvalue weighted by Crippen LogP contribution is 2.71. The minimum absolute atomic E-state index is 0.0432. The Hall–Kier alpha value is -2.70. The van der Waals surface area contributed by atoms with Crippen LogP contribution in [0.3, 0.4) is 0 Å². The van der Waals surface area contributed by atoms with Crippen LogP contribution in [-0.2, 0) is 9.59 Å². The summed E-state index contributed by atoms with van der Waals surface area (Å²) in [6.45, 7) is 11.8. The second-order valence-corrected chi connectivity index (χ2v) is 11.8. The number of carbonyl (C=O) groups excluding carboxylic acids is 4. The van der Waals surface area contributed by atoms with Crippen LogP contribution in [0, 0.1) is 34.5 Å². The van der Waals surface area contributed by atoms with Crippen LogP contribution in [0.2, 0.25) is 0 Å². The Morgan fingerprint density at radius 3 is 2.03 bits per heavy atom. The molecule has 7 nitrogen and oxygen atoms in total. The van der Waals surface area contributed by atoms with E-state index in [4.69, 9.17) is 0 Å². The van der Waals surface area contributed by atoms with Crippen LogP contribution in [0.1, 0.15) is 106 Å². The summed E-state index contributed by atoms with van der Waals surface area (Å²) < 4.78 is 0. The molecule has 1 unspecified atom stereocenters. The molecule has 0 heterocycles. The Labute approximate surface area is 206 Å². The van der Waals surface area contributed by atoms with Crippen molar-refractivity contribution in [3.05, 3.63) is 16.7 Å². The van der Waals surface area contributed by atoms with Crippen molar-refractivity contribution >= 4 is 24.1 Å². The van der Waals surface area contributed by atoms with Crippen LogP contribution in [0.15, 0.2) is 0 Å². The number of hydrogen-bond donors (Lipinski definition) is 3. The first-order chi connectivity index (χ1) is 16.2. The number of benzene rings is 1. The molecule has 35 heavy (non-hydrogen) atoms. The first kappa shape index (κ1) is 26.9. The predicted molar refractivity (Wildman–Crippen MR) is 131 cm³/mol. The number of hydrogen-bond acceptors (Lipinski definition) is 7. The SMILES string of the molecule is CC(=O)CC[C@@H]1[C@H](C2C(=O)CC[C@]2(C)[C@@H](CC(C)C)c2c(O)c(C=O)c(O)c(C=O)c2O)C1(C)C. The zero-order valence-electron chi connectivity index (χ0n) is 21.6. The van der Waals surface area contributed by atoms with Gasteiger partial charge in [0.1, 0.15) is 28.8 Å². The average Bonchev–Trinajstić information content (AvgIpc) is 3.14. The van der Waals surface area contributed by atoms with E-state index < -0.39 is 39.7 Å². The van der Waals surface area contributed by atoms with Crippen LogP contribution in [0.5, 0.6) is 17.2 Å². The average molecular weight is 487 g/mol. The number of rotatable bonds is 10. The standard InChI is InChI=1S/C28H38O7/c1-14(2)11-19(21-25(34)16(12-29)24(33)17(13-30)26(21)35)28(6)10-9-20(32)23(28)22-18(27(22,4)5)8-7-15(3)31/h12-14,18-19,22-23,33-35H,7-11H2,1-6H3/t18-,19+,22-,23?,28-/m1/s1. The zero-order valence-corrected chi connectivity index (χ0v) is 21.6. The van der Waals surface area contributed by atoms with E-state index >= 15 is 0 Å². The van der Waals surface area contributed by atoms with Gasteiger partial charge in [0.25, 0.3) is 0 Å². The van der Waals surface area contributed by atoms with Gasteiger partial charge in [0.05, 0.1) is 11.1 Å². The molecule has 3 N–H and O–H groups in total. The minimum atomic E-state index is -0.756. The van der Waals surface area contributed by atoms with Crippen molar-refractivity contribution < 1.29 is 34.5 Å². The first-order valence-electron chi connectivity index (χ1n) is 12.5. The van der Waals surface area contributed by atoms with Gasteiger partial charge < -0.3 is 20.1 Å². The lowest BCUT2D eigenvalue weighted by atomic mass is 9.62. The van der Waals surface area contributed by atoms with Crippen molar-refractivity contribution in [3.63, 3.8) is 0 Å². The molecular weight excluding hydrogens is 448 g/mol. The monoisotopic (exact) mass is 486 g/mol. The van der Waals surface area contributed by atoms with Gasteiger partial charge in [-0.15, -0.1) is 0 Å². The van der Waals surface area contributed by atoms with E-state index in [2.05, 4.69) is 13.8 Å². The molecule has 0 radical (unpaired) electrons. The molecule has 2 saturated carbocycles. The molecule has 3 rings (SSSR count). The third kappa shape index (κ3) is 4.38. The maximum atomic E-state index is 13.4. The highest BCUT2D eigenvalue weighted by Gasteiger charge is 2.67. The summed E-state index contributed by atoms with van der Waals surface area (Å²) in [4.78, 5) is 48.5. The summed E-state index contributed by atoms with van der Waals surface area (Å²) in [5.74, 6) is -2.13. The number of aromatic hydroxyl groups is 3. The number of Topliss-reactive ketones (excluding diaryl/α,β-unsaturated/α-hetero) is 2. The van der Waals surface area contributed by atoms with Crippen molar-refractivity contribution in [3.8, 4) is 17.2 Å². The number of phenols is 3. The van der Waals surface area contributed by atoms with E-state index in [1.54, 1.807) is 6.92 Å². The van der Waals surface area contributed by atoms with Gasteiger partial charge in [-0.2, -0.15) is 0 Å². The molecule has 7 heteroatoms. The van der Waals surface area contributed by atoms with Crippen LogP contribution in [0.25, 0.3) is 0 Å². The molecule has 0 amide bonds. The summed E-state index contributed by atoms with van der Waals surface area (Å²) in [5.41, 5.74) is -1.64. The van der Waals surface area contributed by atoms with Crippen LogP contribution in [-0.4, -0.2) is 39.5 Å². The van der Waals surface area contributed by atoms with Crippen LogP contribution in [0.4, 0.5) is 0 Å². The molecule has 0 bridgehead atoms. The van der Waals surface area contributed by atoms with Gasteiger partial charge in [-0.05, 0) is 60.7 Å². The fourth-order valence-corrected chi connectivity index (χ4v) is 6.94. The highest BCUT2D eigenvalue weighted by atomic mass is 16.3. The van der Waals surface area contributed by atoms with E-state index in [9.17, 15) is 34.5 Å². The van der Waals surface area contributed by atoms with Gasteiger partial charge >= 0.3 is 0 Å². The molecule has 2 aliphatic carbocycles. The number of carbonyl (C=O) groups is 4. The lowest BCUT2D eigenvalue weighted by Gasteiger charge is -2.41. The fraction of sp³-hybridized carbons (Fsp3) is 0.643. The van der Waals surface area contributed by atoms with Crippen molar-refractivity contribution in [1.82, 2.24) is 0 Å². The van der Waals surface area contributed by atoms with Crippen LogP contribution < -0.4 is 0 Å². The number of ketones is 2. The maximum Gasteiger partial charge on any atom is 0.157 e. The molecule has 1 aromatic carbocycles. The Balaban J connectivity index is 2.18. The van der Waals surface area contributed by atoms with Crippen molar-refractivity contribution in [2.24, 2.45) is 34.5 Å². The first-order valence-corrected chi connectivity index (χ1v) is 12.5. The zero-order chi connectivity index (χ0) is 26.5. The predicted octanol–water partition coefficient (Wildman–Crippen LogP) is 5.18. The minimum Gasteiger partial charge on any atom is -0.507 e. The van der Waals surface area contributed by atoms with Gasteiger partial charge in [-0.3, -0.25) is 14.4 Å². The van der Waals surface area contributed by atoms with Gasteiger partial charge in [0, 0.05) is 24.3 Å². The Morgan fingerprint density at radius 1 is 1.03 bits per heavy atom. The van der Waals surface area contributed by atoms with Gasteiger partial charge in [0.15, 0.2) is 12.6 Å². The summed E-state index contributed by atoms with van der Waals surface area (Å²) in [6.07, 6.45) is 3.11. The molecular formula is C28H38O7. The molecule has 0 aromatic heterocycles. The van der Waals surface area contributed by atoms with E-state index in [0.29, 0.717) is 32.1 Å². The lowest BCUT2D eigenvalue weighted by molar-refractivity contribution is -0.123. The van der Waals surface area contributed by atoms with E-state index in [1.807, 2.05) is 20.8 Å². The number of aldehydes is 2. The summed E-state index contributed by atoms with van der Waals surface area (Å²) in [7, 11) is 0. The molecule has 192 valence electrons. The number of phenolic OH excluding ortho intramolecular Hbond substituents is 3. The smallest absolute Gasteiger partial charge is 0.157 e. The normalized spacial score (nSPS) is 28.2. The van der Waals surface area contributed by atoms with Crippen molar-refractivity contribution in [2.75, 3.05) is 0 Å². The lowest BCUT2D eigenvalue weighted by Crippen LogP contribution is -2.36. The molecule has 2 fully saturated rings. The third-order valence-electron chi connectivity index (χ3n) is 8.89. The molecule has 5 atom stereocenters. The Morgan fingerprint density at radius 2 is 1.57 bits per heavy atom. The maximum absolute atomic E-state index is 13.4. The van der Waals surface area contributed by atoms with E-state index in [1.165, 1.54) is 0 Å². The second-order valence-electron chi connectivity index (χ2n) is 11.8. The second kappa shape index (κ2) is 9.40. The fourth-order valence-electron chi connectivity index (χ4n) is 6.94. The molecule has 2 aliphatic rings. The molecule has 0 aliphatic heterocycles. The molecule has 0 spiro atoms. The highest BCUT2D eigenvalue weighted by molar-refractivity contribution is 5.95. The van der Waals surface area contributed by atoms with E-state index in [-0.39, 0.29) is 58.8 Å². The van der Waals surface area contributed by atoms with Gasteiger partial charge in [-0.1, -0.05) is 34.6 Å². The van der Waals surface area contributed by atoms with Crippen molar-refractivity contribution in [2.45, 2.75) is 79.6 Å². The van der Waals surface area contributed by atoms with Crippen LogP contribution >= 0.6 is 0 Å². The van der Waals surface area contributed by atoms with Crippen molar-refractivity contribution in [1.29, 1.82) is 0 Å². The van der Waals surface area contributed by atoms with Gasteiger partial charge in [0.2, 0.25) is 0 Å². The molecule has 0 saturated heterocycles. The topological polar surface area (TPSA) is 129 Å². The Kier molecular flexibility index (Phi) is 7.22. The summed E-state index contributed by atoms with van der Waals surface area (Å²) in [6, 6.07) is 0. The molecule has 1 aromatic rings. The van der Waals surface area contributed by atoms with E-state index in [0.717, 1.165) is 0 Å². The quantitative estimate of drug-likeness (QED) is 0.388. The Bertz CT molecular complexity index is 1020. The van der Waals surface area contributed by atoms with Gasteiger partial charge in [-0.25, -0.2) is 0 Å². The third-order valence-corrected chi connectivity index (χ3v) is 8.89. The largest absolute Gasteiger partial charge is 0.507 e. The summed E-state index contributed by atoms with van der Waals surface area (Å²) in [5, 5.41) is 32.4.